The number of aliphatic hydroxyl groups is 1. The summed E-state index contributed by atoms with van der Waals surface area (Å²) < 4.78 is 0. The molecule has 0 bridgehead atoms. The number of nitrogens with zero attached hydrogens (tertiary/aromatic N) is 3. The van der Waals surface area contributed by atoms with Crippen molar-refractivity contribution >= 4 is 11.3 Å². The van der Waals surface area contributed by atoms with Crippen molar-refractivity contribution in [1.29, 1.82) is 0 Å². The van der Waals surface area contributed by atoms with Crippen molar-refractivity contribution in [3.05, 3.63) is 16.1 Å². The van der Waals surface area contributed by atoms with Gasteiger partial charge in [-0.2, -0.15) is 0 Å². The minimum atomic E-state index is -0.135. The van der Waals surface area contributed by atoms with Gasteiger partial charge in [-0.15, -0.1) is 11.3 Å². The summed E-state index contributed by atoms with van der Waals surface area (Å²) in [4.78, 5) is 10.6. The maximum Gasteiger partial charge on any atom is 0.0798 e. The Morgan fingerprint density at radius 2 is 2.30 bits per heavy atom. The highest BCUT2D eigenvalue weighted by Gasteiger charge is 2.44. The fraction of sp³-hybridized carbons (Fsp3) is 0.800. The number of piperidine rings is 2. The Hall–Kier alpha value is -0.490. The van der Waals surface area contributed by atoms with Gasteiger partial charge in [-0.05, 0) is 39.8 Å². The normalized spacial score (nSPS) is 32.9. The van der Waals surface area contributed by atoms with E-state index in [0.29, 0.717) is 0 Å². The lowest BCUT2D eigenvalue weighted by atomic mass is 9.71. The molecule has 20 heavy (non-hydrogen) atoms. The third-order valence-corrected chi connectivity index (χ3v) is 5.90. The Bertz CT molecular complexity index is 464. The van der Waals surface area contributed by atoms with E-state index in [-0.39, 0.29) is 11.5 Å². The molecule has 0 aliphatic carbocycles. The van der Waals surface area contributed by atoms with Gasteiger partial charge in [0.25, 0.3) is 0 Å². The third-order valence-electron chi connectivity index (χ3n) is 4.98. The molecule has 5 heteroatoms. The summed E-state index contributed by atoms with van der Waals surface area (Å²) in [5.41, 5.74) is 3.19. The second-order valence-electron chi connectivity index (χ2n) is 6.58. The van der Waals surface area contributed by atoms with E-state index in [2.05, 4.69) is 28.8 Å². The van der Waals surface area contributed by atoms with Gasteiger partial charge in [0.1, 0.15) is 0 Å². The van der Waals surface area contributed by atoms with Gasteiger partial charge in [-0.1, -0.05) is 0 Å². The summed E-state index contributed by atoms with van der Waals surface area (Å²) in [6.07, 6.45) is 3.15. The molecule has 1 N–H and O–H groups in total. The first-order chi connectivity index (χ1) is 9.59. The van der Waals surface area contributed by atoms with Crippen LogP contribution in [0.25, 0.3) is 0 Å². The van der Waals surface area contributed by atoms with Crippen molar-refractivity contribution in [2.24, 2.45) is 5.41 Å². The van der Waals surface area contributed by atoms with Crippen molar-refractivity contribution in [1.82, 2.24) is 14.8 Å². The molecule has 0 unspecified atom stereocenters. The minimum absolute atomic E-state index is 0.0871. The molecule has 0 aromatic carbocycles. The van der Waals surface area contributed by atoms with Crippen molar-refractivity contribution < 1.29 is 5.11 Å². The highest BCUT2D eigenvalue weighted by atomic mass is 32.1. The lowest BCUT2D eigenvalue weighted by Crippen LogP contribution is -2.58. The van der Waals surface area contributed by atoms with Gasteiger partial charge >= 0.3 is 0 Å². The van der Waals surface area contributed by atoms with E-state index < -0.39 is 0 Å². The van der Waals surface area contributed by atoms with Gasteiger partial charge in [-0.25, -0.2) is 4.98 Å². The molecule has 0 saturated carbocycles. The van der Waals surface area contributed by atoms with Crippen molar-refractivity contribution in [2.45, 2.75) is 38.8 Å². The summed E-state index contributed by atoms with van der Waals surface area (Å²) in [6, 6.07) is 0. The van der Waals surface area contributed by atoms with Crippen molar-refractivity contribution in [3.8, 4) is 0 Å². The second-order valence-corrected chi connectivity index (χ2v) is 7.52. The summed E-state index contributed by atoms with van der Waals surface area (Å²) in [7, 11) is 2.18. The van der Waals surface area contributed by atoms with Crippen LogP contribution in [-0.4, -0.2) is 59.2 Å². The molecule has 0 amide bonds. The number of hydrogen-bond acceptors (Lipinski definition) is 5. The van der Waals surface area contributed by atoms with E-state index in [9.17, 15) is 5.11 Å². The van der Waals surface area contributed by atoms with Crippen LogP contribution in [0.1, 0.15) is 29.8 Å². The van der Waals surface area contributed by atoms with Crippen LogP contribution < -0.4 is 0 Å². The molecular weight excluding hydrogens is 270 g/mol. The predicted molar refractivity (Wildman–Crippen MR) is 81.9 cm³/mol. The third kappa shape index (κ3) is 2.77. The zero-order valence-electron chi connectivity index (χ0n) is 12.5. The van der Waals surface area contributed by atoms with Crippen LogP contribution in [0.2, 0.25) is 0 Å². The highest BCUT2D eigenvalue weighted by molar-refractivity contribution is 7.09. The fourth-order valence-corrected chi connectivity index (χ4v) is 4.66. The molecule has 2 aliphatic heterocycles. The molecule has 0 radical (unpaired) electrons. The van der Waals surface area contributed by atoms with Gasteiger partial charge in [0.15, 0.2) is 0 Å². The Labute approximate surface area is 125 Å². The number of aliphatic hydroxyl groups excluding tert-OH is 1. The smallest absolute Gasteiger partial charge is 0.0798 e. The molecule has 2 saturated heterocycles. The molecule has 3 heterocycles. The van der Waals surface area contributed by atoms with E-state index in [4.69, 9.17) is 0 Å². The first-order valence-electron chi connectivity index (χ1n) is 7.57. The number of rotatable bonds is 2. The molecule has 2 aliphatic rings. The van der Waals surface area contributed by atoms with Crippen LogP contribution in [0.4, 0.5) is 0 Å². The lowest BCUT2D eigenvalue weighted by Gasteiger charge is -2.50. The van der Waals surface area contributed by atoms with Crippen molar-refractivity contribution in [2.75, 3.05) is 33.2 Å². The molecule has 3 rings (SSSR count). The lowest BCUT2D eigenvalue weighted by molar-refractivity contribution is -0.0806. The molecule has 1 spiro atoms. The maximum atomic E-state index is 10.5. The Balaban J connectivity index is 1.71. The number of thiazole rings is 1. The van der Waals surface area contributed by atoms with E-state index in [1.807, 2.05) is 5.51 Å². The Morgan fingerprint density at radius 1 is 1.45 bits per heavy atom. The summed E-state index contributed by atoms with van der Waals surface area (Å²) in [5, 5.41) is 10.5. The fourth-order valence-electron chi connectivity index (χ4n) is 3.85. The zero-order valence-corrected chi connectivity index (χ0v) is 13.3. The summed E-state index contributed by atoms with van der Waals surface area (Å²) in [5.74, 6) is 0. The van der Waals surface area contributed by atoms with Gasteiger partial charge in [0.05, 0.1) is 17.3 Å². The molecule has 4 nitrogen and oxygen atoms in total. The summed E-state index contributed by atoms with van der Waals surface area (Å²) >= 11 is 1.75. The predicted octanol–water partition coefficient (Wildman–Crippen LogP) is 1.73. The first kappa shape index (κ1) is 14.4. The Kier molecular flexibility index (Phi) is 4.13. The van der Waals surface area contributed by atoms with Crippen LogP contribution >= 0.6 is 11.3 Å². The van der Waals surface area contributed by atoms with Crippen molar-refractivity contribution in [3.63, 3.8) is 0 Å². The minimum Gasteiger partial charge on any atom is -0.392 e. The average Bonchev–Trinajstić information content (AvgIpc) is 2.80. The topological polar surface area (TPSA) is 39.6 Å². The van der Waals surface area contributed by atoms with E-state index in [1.54, 1.807) is 11.3 Å². The number of hydrogen-bond donors (Lipinski definition) is 1. The second kappa shape index (κ2) is 5.72. The standard InChI is InChI=1S/C15H25N3OS/c1-12-13(20-11-16-12)8-18-6-3-5-15(10-18)9-17(2)7-4-14(15)19/h11,14,19H,3-10H2,1-2H3/t14-,15-/m0/s1. The van der Waals surface area contributed by atoms with Gasteiger partial charge in [0.2, 0.25) is 0 Å². The zero-order chi connectivity index (χ0) is 14.2. The highest BCUT2D eigenvalue weighted by Crippen LogP contribution is 2.39. The van der Waals surface area contributed by atoms with Crippen LogP contribution in [0.15, 0.2) is 5.51 Å². The van der Waals surface area contributed by atoms with Gasteiger partial charge < -0.3 is 10.0 Å². The SMILES string of the molecule is Cc1ncsc1CN1CCC[C@]2(CN(C)CC[C@@H]2O)C1. The number of aryl methyl sites for hydroxylation is 1. The summed E-state index contributed by atoms with van der Waals surface area (Å²) in [6.45, 7) is 7.32. The maximum absolute atomic E-state index is 10.5. The monoisotopic (exact) mass is 295 g/mol. The molecule has 2 atom stereocenters. The van der Waals surface area contributed by atoms with E-state index in [1.165, 1.54) is 11.3 Å². The van der Waals surface area contributed by atoms with E-state index >= 15 is 0 Å². The molecular formula is C15H25N3OS. The number of likely N-dealkylation sites (tertiary alicyclic amines) is 2. The quantitative estimate of drug-likeness (QED) is 0.902. The number of aromatic nitrogens is 1. The largest absolute Gasteiger partial charge is 0.392 e. The van der Waals surface area contributed by atoms with Gasteiger partial charge in [-0.3, -0.25) is 4.90 Å². The Morgan fingerprint density at radius 3 is 3.05 bits per heavy atom. The first-order valence-corrected chi connectivity index (χ1v) is 8.45. The van der Waals surface area contributed by atoms with Crippen LogP contribution in [0.5, 0.6) is 0 Å². The molecule has 2 fully saturated rings. The molecule has 112 valence electrons. The molecule has 1 aromatic rings. The van der Waals surface area contributed by atoms with Crippen LogP contribution in [-0.2, 0) is 6.54 Å². The van der Waals surface area contributed by atoms with E-state index in [0.717, 1.165) is 51.3 Å². The van der Waals surface area contributed by atoms with Gasteiger partial charge in [0, 0.05) is 36.5 Å². The molecule has 1 aromatic heterocycles. The average molecular weight is 295 g/mol. The van der Waals surface area contributed by atoms with Crippen LogP contribution in [0.3, 0.4) is 0 Å². The van der Waals surface area contributed by atoms with Crippen LogP contribution in [0, 0.1) is 12.3 Å².